The zero-order valence-electron chi connectivity index (χ0n) is 13.0. The zero-order chi connectivity index (χ0) is 15.4. The van der Waals surface area contributed by atoms with Crippen molar-refractivity contribution in [1.29, 1.82) is 0 Å². The van der Waals surface area contributed by atoms with Gasteiger partial charge in [0.25, 0.3) is 5.56 Å². The minimum atomic E-state index is -0.0282. The van der Waals surface area contributed by atoms with Gasteiger partial charge in [0.1, 0.15) is 11.1 Å². The van der Waals surface area contributed by atoms with Gasteiger partial charge in [0.05, 0.1) is 25.1 Å². The molecule has 1 fully saturated rings. The molecule has 3 rings (SSSR count). The predicted octanol–water partition coefficient (Wildman–Crippen LogP) is 2.75. The minimum Gasteiger partial charge on any atom is -0.496 e. The van der Waals surface area contributed by atoms with Crippen LogP contribution < -0.4 is 10.3 Å². The van der Waals surface area contributed by atoms with Crippen LogP contribution in [0.3, 0.4) is 0 Å². The third kappa shape index (κ3) is 3.14. The lowest BCUT2D eigenvalue weighted by molar-refractivity contribution is 0.102. The molecule has 118 valence electrons. The Kier molecular flexibility index (Phi) is 4.73. The first-order valence-electron chi connectivity index (χ1n) is 7.93. The van der Waals surface area contributed by atoms with Crippen molar-refractivity contribution in [3.63, 3.8) is 0 Å². The Hall–Kier alpha value is -1.88. The van der Waals surface area contributed by atoms with E-state index >= 15 is 0 Å². The summed E-state index contributed by atoms with van der Waals surface area (Å²) in [6.07, 6.45) is 7.53. The molecule has 22 heavy (non-hydrogen) atoms. The van der Waals surface area contributed by atoms with E-state index in [2.05, 4.69) is 4.98 Å². The Morgan fingerprint density at radius 2 is 2.32 bits per heavy atom. The number of rotatable bonds is 6. The van der Waals surface area contributed by atoms with Crippen molar-refractivity contribution in [1.82, 2.24) is 9.55 Å². The summed E-state index contributed by atoms with van der Waals surface area (Å²) in [5.74, 6) is 0.587. The second kappa shape index (κ2) is 6.92. The van der Waals surface area contributed by atoms with Gasteiger partial charge in [0.15, 0.2) is 0 Å². The molecule has 1 aliphatic heterocycles. The highest BCUT2D eigenvalue weighted by atomic mass is 16.5. The quantitative estimate of drug-likeness (QED) is 0.770. The average Bonchev–Trinajstić information content (AvgIpc) is 3.06. The van der Waals surface area contributed by atoms with Crippen LogP contribution in [0.15, 0.2) is 29.3 Å². The van der Waals surface area contributed by atoms with Crippen molar-refractivity contribution >= 4 is 10.9 Å². The summed E-state index contributed by atoms with van der Waals surface area (Å²) in [6, 6.07) is 5.48. The van der Waals surface area contributed by atoms with Crippen LogP contribution in [0, 0.1) is 0 Å². The number of benzene rings is 1. The Bertz CT molecular complexity index is 690. The number of hydrogen-bond acceptors (Lipinski definition) is 4. The van der Waals surface area contributed by atoms with Crippen LogP contribution in [0.1, 0.15) is 32.1 Å². The Balaban J connectivity index is 1.68. The van der Waals surface area contributed by atoms with Gasteiger partial charge in [-0.2, -0.15) is 0 Å². The van der Waals surface area contributed by atoms with Crippen molar-refractivity contribution in [2.75, 3.05) is 13.7 Å². The van der Waals surface area contributed by atoms with E-state index in [0.29, 0.717) is 29.3 Å². The molecule has 5 heteroatoms. The van der Waals surface area contributed by atoms with Crippen LogP contribution in [0.25, 0.3) is 10.9 Å². The van der Waals surface area contributed by atoms with Gasteiger partial charge >= 0.3 is 0 Å². The molecule has 1 saturated heterocycles. The normalized spacial score (nSPS) is 18.0. The number of methoxy groups -OCH3 is 1. The lowest BCUT2D eigenvalue weighted by atomic mass is 10.1. The summed E-state index contributed by atoms with van der Waals surface area (Å²) in [6.45, 7) is 1.59. The van der Waals surface area contributed by atoms with Gasteiger partial charge in [-0.3, -0.25) is 9.36 Å². The fourth-order valence-corrected chi connectivity index (χ4v) is 3.03. The van der Waals surface area contributed by atoms with Gasteiger partial charge in [0, 0.05) is 13.2 Å². The molecule has 2 heterocycles. The molecule has 1 atom stereocenters. The molecule has 0 saturated carbocycles. The van der Waals surface area contributed by atoms with Crippen molar-refractivity contribution in [3.05, 3.63) is 34.9 Å². The van der Waals surface area contributed by atoms with E-state index in [1.807, 2.05) is 12.1 Å². The SMILES string of the molecule is COc1cccc2ncn(CCCC[C@H]3CCCO3)c(=O)c12. The molecule has 0 aliphatic carbocycles. The number of fused-ring (bicyclic) bond motifs is 1. The van der Waals surface area contributed by atoms with Crippen LogP contribution in [0.5, 0.6) is 5.75 Å². The first-order chi connectivity index (χ1) is 10.8. The van der Waals surface area contributed by atoms with E-state index in [1.165, 1.54) is 12.8 Å². The van der Waals surface area contributed by atoms with Crippen LogP contribution in [-0.2, 0) is 11.3 Å². The first-order valence-corrected chi connectivity index (χ1v) is 7.93. The van der Waals surface area contributed by atoms with Crippen LogP contribution in [0.2, 0.25) is 0 Å². The number of aryl methyl sites for hydroxylation is 1. The summed E-state index contributed by atoms with van der Waals surface area (Å²) < 4.78 is 12.6. The fourth-order valence-electron chi connectivity index (χ4n) is 3.03. The van der Waals surface area contributed by atoms with Crippen LogP contribution in [-0.4, -0.2) is 29.4 Å². The molecule has 1 aromatic carbocycles. The molecular weight excluding hydrogens is 280 g/mol. The summed E-state index contributed by atoms with van der Waals surface area (Å²) in [5, 5.41) is 0.562. The van der Waals surface area contributed by atoms with E-state index in [0.717, 1.165) is 25.9 Å². The van der Waals surface area contributed by atoms with E-state index in [-0.39, 0.29) is 5.56 Å². The van der Waals surface area contributed by atoms with Gasteiger partial charge < -0.3 is 9.47 Å². The summed E-state index contributed by atoms with van der Waals surface area (Å²) >= 11 is 0. The Labute approximate surface area is 129 Å². The zero-order valence-corrected chi connectivity index (χ0v) is 13.0. The average molecular weight is 302 g/mol. The molecule has 1 aliphatic rings. The highest BCUT2D eigenvalue weighted by Gasteiger charge is 2.14. The summed E-state index contributed by atoms with van der Waals surface area (Å²) in [5.41, 5.74) is 0.652. The maximum Gasteiger partial charge on any atom is 0.264 e. The van der Waals surface area contributed by atoms with Crippen LogP contribution in [0.4, 0.5) is 0 Å². The third-order valence-electron chi connectivity index (χ3n) is 4.23. The molecule has 0 radical (unpaired) electrons. The van der Waals surface area contributed by atoms with Gasteiger partial charge in [-0.15, -0.1) is 0 Å². The van der Waals surface area contributed by atoms with Gasteiger partial charge in [-0.05, 0) is 44.2 Å². The summed E-state index contributed by atoms with van der Waals surface area (Å²) in [7, 11) is 1.58. The number of aromatic nitrogens is 2. The molecule has 0 bridgehead atoms. The van der Waals surface area contributed by atoms with Gasteiger partial charge in [-0.1, -0.05) is 6.07 Å². The monoisotopic (exact) mass is 302 g/mol. The molecular formula is C17H22N2O3. The Morgan fingerprint density at radius 3 is 3.09 bits per heavy atom. The maximum atomic E-state index is 12.6. The van der Waals surface area contributed by atoms with Crippen molar-refractivity contribution < 1.29 is 9.47 Å². The molecule has 0 amide bonds. The smallest absolute Gasteiger partial charge is 0.264 e. The van der Waals surface area contributed by atoms with Gasteiger partial charge in [0.2, 0.25) is 0 Å². The number of ether oxygens (including phenoxy) is 2. The highest BCUT2D eigenvalue weighted by Crippen LogP contribution is 2.20. The lowest BCUT2D eigenvalue weighted by Gasteiger charge is -2.10. The lowest BCUT2D eigenvalue weighted by Crippen LogP contribution is -2.21. The standard InChI is InChI=1S/C17H22N2O3/c1-21-15-9-4-8-14-16(15)17(20)19(12-18-14)10-3-2-6-13-7-5-11-22-13/h4,8-9,12-13H,2-3,5-7,10-11H2,1H3/t13-/m0/s1. The van der Waals surface area contributed by atoms with E-state index in [4.69, 9.17) is 9.47 Å². The molecule has 2 aromatic rings. The largest absolute Gasteiger partial charge is 0.496 e. The second-order valence-corrected chi connectivity index (χ2v) is 5.73. The Morgan fingerprint density at radius 1 is 1.41 bits per heavy atom. The molecule has 0 N–H and O–H groups in total. The van der Waals surface area contributed by atoms with Crippen molar-refractivity contribution in [2.45, 2.75) is 44.8 Å². The molecule has 5 nitrogen and oxygen atoms in total. The minimum absolute atomic E-state index is 0.0282. The first kappa shape index (κ1) is 15.0. The van der Waals surface area contributed by atoms with Gasteiger partial charge in [-0.25, -0.2) is 4.98 Å². The fraction of sp³-hybridized carbons (Fsp3) is 0.529. The summed E-state index contributed by atoms with van der Waals surface area (Å²) in [4.78, 5) is 16.9. The predicted molar refractivity (Wildman–Crippen MR) is 85.4 cm³/mol. The number of nitrogens with zero attached hydrogens (tertiary/aromatic N) is 2. The van der Waals surface area contributed by atoms with Crippen molar-refractivity contribution in [3.8, 4) is 5.75 Å². The molecule has 0 unspecified atom stereocenters. The highest BCUT2D eigenvalue weighted by molar-refractivity contribution is 5.83. The molecule has 0 spiro atoms. The van der Waals surface area contributed by atoms with E-state index in [1.54, 1.807) is 24.1 Å². The van der Waals surface area contributed by atoms with E-state index in [9.17, 15) is 4.79 Å². The number of hydrogen-bond donors (Lipinski definition) is 0. The number of unbranched alkanes of at least 4 members (excludes halogenated alkanes) is 1. The third-order valence-corrected chi connectivity index (χ3v) is 4.23. The van der Waals surface area contributed by atoms with E-state index < -0.39 is 0 Å². The maximum absolute atomic E-state index is 12.6. The van der Waals surface area contributed by atoms with Crippen molar-refractivity contribution in [2.24, 2.45) is 0 Å². The molecule has 1 aromatic heterocycles. The second-order valence-electron chi connectivity index (χ2n) is 5.73. The van der Waals surface area contributed by atoms with Crippen LogP contribution >= 0.6 is 0 Å². The topological polar surface area (TPSA) is 53.4 Å².